The summed E-state index contributed by atoms with van der Waals surface area (Å²) in [5.41, 5.74) is -0.113. The third kappa shape index (κ3) is 3.46. The lowest BCUT2D eigenvalue weighted by Crippen LogP contribution is -2.66. The molecule has 0 spiro atoms. The summed E-state index contributed by atoms with van der Waals surface area (Å²) >= 11 is 0. The van der Waals surface area contributed by atoms with Crippen LogP contribution >= 0.6 is 0 Å². The van der Waals surface area contributed by atoms with E-state index in [4.69, 9.17) is 0 Å². The number of carbonyl (C=O) groups excluding carboxylic acids is 1. The van der Waals surface area contributed by atoms with E-state index < -0.39 is 6.04 Å². The van der Waals surface area contributed by atoms with E-state index in [0.717, 1.165) is 19.5 Å². The van der Waals surface area contributed by atoms with Gasteiger partial charge in [0.2, 0.25) is 5.91 Å². The highest BCUT2D eigenvalue weighted by atomic mass is 16.3. The van der Waals surface area contributed by atoms with Crippen LogP contribution in [-0.2, 0) is 4.79 Å². The molecule has 0 bridgehead atoms. The molecule has 1 aliphatic rings. The molecule has 1 fully saturated rings. The number of hydrogen-bond acceptors (Lipinski definition) is 3. The van der Waals surface area contributed by atoms with Crippen molar-refractivity contribution in [2.75, 3.05) is 19.7 Å². The van der Waals surface area contributed by atoms with Crippen LogP contribution in [0.3, 0.4) is 0 Å². The molecular weight excluding hydrogens is 204 g/mol. The van der Waals surface area contributed by atoms with E-state index in [-0.39, 0.29) is 18.1 Å². The summed E-state index contributed by atoms with van der Waals surface area (Å²) in [5, 5.41) is 12.3. The van der Waals surface area contributed by atoms with Gasteiger partial charge in [0.15, 0.2) is 0 Å². The highest BCUT2D eigenvalue weighted by molar-refractivity contribution is 5.83. The number of nitrogens with one attached hydrogen (secondary N) is 1. The molecule has 1 atom stereocenters. The second-order valence-corrected chi connectivity index (χ2v) is 5.71. The molecule has 1 aliphatic heterocycles. The van der Waals surface area contributed by atoms with E-state index in [1.807, 2.05) is 4.90 Å². The van der Waals surface area contributed by atoms with Gasteiger partial charge in [-0.25, -0.2) is 0 Å². The molecule has 0 aliphatic carbocycles. The minimum absolute atomic E-state index is 0.0301. The molecule has 1 amide bonds. The van der Waals surface area contributed by atoms with Crippen LogP contribution in [0.2, 0.25) is 0 Å². The Bertz CT molecular complexity index is 251. The smallest absolute Gasteiger partial charge is 0.242 e. The maximum absolute atomic E-state index is 12.0. The van der Waals surface area contributed by atoms with Gasteiger partial charge in [-0.15, -0.1) is 0 Å². The zero-order valence-electron chi connectivity index (χ0n) is 10.8. The van der Waals surface area contributed by atoms with E-state index in [0.29, 0.717) is 5.92 Å². The van der Waals surface area contributed by atoms with Crippen molar-refractivity contribution in [2.24, 2.45) is 5.92 Å². The minimum atomic E-state index is -0.434. The van der Waals surface area contributed by atoms with Crippen LogP contribution in [-0.4, -0.2) is 47.2 Å². The Balaban J connectivity index is 2.63. The van der Waals surface area contributed by atoms with Crippen molar-refractivity contribution in [3.8, 4) is 0 Å². The molecule has 0 saturated carbocycles. The van der Waals surface area contributed by atoms with Crippen LogP contribution in [0.4, 0.5) is 0 Å². The quantitative estimate of drug-likeness (QED) is 0.741. The number of aliphatic hydroxyl groups excluding tert-OH is 1. The molecule has 16 heavy (non-hydrogen) atoms. The zero-order valence-corrected chi connectivity index (χ0v) is 10.8. The van der Waals surface area contributed by atoms with Gasteiger partial charge in [0.25, 0.3) is 0 Å². The van der Waals surface area contributed by atoms with Crippen molar-refractivity contribution in [1.82, 2.24) is 10.2 Å². The highest BCUT2D eigenvalue weighted by Gasteiger charge is 2.37. The molecule has 4 heteroatoms. The van der Waals surface area contributed by atoms with Gasteiger partial charge < -0.3 is 10.0 Å². The Hall–Kier alpha value is -0.610. The summed E-state index contributed by atoms with van der Waals surface area (Å²) < 4.78 is 0. The normalized spacial score (nSPS) is 25.2. The molecule has 0 aromatic carbocycles. The van der Waals surface area contributed by atoms with Gasteiger partial charge in [0.1, 0.15) is 6.04 Å². The van der Waals surface area contributed by atoms with Crippen molar-refractivity contribution in [3.63, 3.8) is 0 Å². The van der Waals surface area contributed by atoms with Crippen LogP contribution in [0.5, 0.6) is 0 Å². The molecule has 1 unspecified atom stereocenters. The monoisotopic (exact) mass is 228 g/mol. The lowest BCUT2D eigenvalue weighted by molar-refractivity contribution is -0.140. The molecular formula is C12H24N2O2. The Kier molecular flexibility index (Phi) is 4.33. The predicted octanol–water partition coefficient (Wildman–Crippen LogP) is 0.604. The maximum atomic E-state index is 12.0. The third-order valence-electron chi connectivity index (χ3n) is 2.92. The zero-order chi connectivity index (χ0) is 12.3. The van der Waals surface area contributed by atoms with Crippen molar-refractivity contribution in [2.45, 2.75) is 45.7 Å². The van der Waals surface area contributed by atoms with Crippen molar-refractivity contribution < 1.29 is 9.90 Å². The largest absolute Gasteiger partial charge is 0.394 e. The van der Waals surface area contributed by atoms with E-state index >= 15 is 0 Å². The Morgan fingerprint density at radius 3 is 2.69 bits per heavy atom. The lowest BCUT2D eigenvalue weighted by atomic mass is 9.97. The fourth-order valence-electron chi connectivity index (χ4n) is 2.08. The first-order chi connectivity index (χ1) is 7.35. The molecule has 2 N–H and O–H groups in total. The fraction of sp³-hybridized carbons (Fsp3) is 0.917. The van der Waals surface area contributed by atoms with E-state index in [9.17, 15) is 9.90 Å². The minimum Gasteiger partial charge on any atom is -0.394 e. The van der Waals surface area contributed by atoms with Crippen LogP contribution in [0.15, 0.2) is 0 Å². The molecule has 4 nitrogen and oxygen atoms in total. The summed E-state index contributed by atoms with van der Waals surface area (Å²) in [4.78, 5) is 13.8. The van der Waals surface area contributed by atoms with Gasteiger partial charge in [-0.2, -0.15) is 0 Å². The second-order valence-electron chi connectivity index (χ2n) is 5.71. The Labute approximate surface area is 98.0 Å². The molecule has 1 saturated heterocycles. The summed E-state index contributed by atoms with van der Waals surface area (Å²) in [7, 11) is 0. The first kappa shape index (κ1) is 13.5. The Morgan fingerprint density at radius 2 is 2.19 bits per heavy atom. The number of nitrogens with zero attached hydrogens (tertiary/aromatic N) is 1. The number of rotatable bonds is 4. The number of aliphatic hydroxyl groups is 1. The molecule has 1 heterocycles. The number of carbonyl (C=O) groups is 1. The predicted molar refractivity (Wildman–Crippen MR) is 64.1 cm³/mol. The standard InChI is InChI=1S/C12H24N2O2/c1-9(2)5-6-14-8-12(3,4)13-10(7-15)11(14)16/h9-10,13,15H,5-8H2,1-4H3. The third-order valence-corrected chi connectivity index (χ3v) is 2.92. The summed E-state index contributed by atoms with van der Waals surface area (Å²) in [6.45, 7) is 9.81. The van der Waals surface area contributed by atoms with Gasteiger partial charge >= 0.3 is 0 Å². The topological polar surface area (TPSA) is 52.6 Å². The SMILES string of the molecule is CC(C)CCN1CC(C)(C)NC(CO)C1=O. The summed E-state index contributed by atoms with van der Waals surface area (Å²) in [6.07, 6.45) is 1.01. The molecule has 0 aromatic heterocycles. The van der Waals surface area contributed by atoms with E-state index in [1.165, 1.54) is 0 Å². The molecule has 0 aromatic rings. The molecule has 1 rings (SSSR count). The summed E-state index contributed by atoms with van der Waals surface area (Å²) in [6, 6.07) is -0.434. The van der Waals surface area contributed by atoms with Crippen LogP contribution < -0.4 is 5.32 Å². The van der Waals surface area contributed by atoms with Crippen LogP contribution in [0.1, 0.15) is 34.1 Å². The average molecular weight is 228 g/mol. The number of piperazine rings is 1. The average Bonchev–Trinajstić information content (AvgIpc) is 2.18. The first-order valence-electron chi connectivity index (χ1n) is 6.03. The van der Waals surface area contributed by atoms with Crippen LogP contribution in [0, 0.1) is 5.92 Å². The highest BCUT2D eigenvalue weighted by Crippen LogP contribution is 2.16. The van der Waals surface area contributed by atoms with Crippen molar-refractivity contribution in [1.29, 1.82) is 0 Å². The van der Waals surface area contributed by atoms with Gasteiger partial charge in [-0.05, 0) is 26.2 Å². The van der Waals surface area contributed by atoms with Gasteiger partial charge in [0.05, 0.1) is 6.61 Å². The molecule has 0 radical (unpaired) electrons. The second kappa shape index (κ2) is 5.15. The van der Waals surface area contributed by atoms with E-state index in [1.54, 1.807) is 0 Å². The lowest BCUT2D eigenvalue weighted by Gasteiger charge is -2.43. The maximum Gasteiger partial charge on any atom is 0.242 e. The Morgan fingerprint density at radius 1 is 1.56 bits per heavy atom. The number of amides is 1. The van der Waals surface area contributed by atoms with Gasteiger partial charge in [-0.1, -0.05) is 13.8 Å². The van der Waals surface area contributed by atoms with Crippen molar-refractivity contribution >= 4 is 5.91 Å². The van der Waals surface area contributed by atoms with Crippen LogP contribution in [0.25, 0.3) is 0 Å². The van der Waals surface area contributed by atoms with E-state index in [2.05, 4.69) is 33.0 Å². The fourth-order valence-corrected chi connectivity index (χ4v) is 2.08. The van der Waals surface area contributed by atoms with Crippen molar-refractivity contribution in [3.05, 3.63) is 0 Å². The van der Waals surface area contributed by atoms with Gasteiger partial charge in [-0.3, -0.25) is 10.1 Å². The molecule has 94 valence electrons. The summed E-state index contributed by atoms with van der Waals surface area (Å²) in [5.74, 6) is 0.626. The first-order valence-corrected chi connectivity index (χ1v) is 6.03. The van der Waals surface area contributed by atoms with Gasteiger partial charge in [0, 0.05) is 18.6 Å². The number of hydrogen-bond donors (Lipinski definition) is 2.